The first-order valence-corrected chi connectivity index (χ1v) is 7.63. The van der Waals surface area contributed by atoms with Gasteiger partial charge in [-0.2, -0.15) is 5.26 Å². The quantitative estimate of drug-likeness (QED) is 0.773. The van der Waals surface area contributed by atoms with Gasteiger partial charge in [0.25, 0.3) is 0 Å². The van der Waals surface area contributed by atoms with Crippen molar-refractivity contribution >= 4 is 31.3 Å². The van der Waals surface area contributed by atoms with E-state index in [2.05, 4.69) is 0 Å². The summed E-state index contributed by atoms with van der Waals surface area (Å²) >= 11 is 0. The molecule has 0 radical (unpaired) electrons. The van der Waals surface area contributed by atoms with Crippen molar-refractivity contribution < 1.29 is 17.6 Å². The Hall–Kier alpha value is -1.65. The van der Waals surface area contributed by atoms with Gasteiger partial charge in [-0.05, 0) is 18.2 Å². The van der Waals surface area contributed by atoms with Crippen LogP contribution in [0.25, 0.3) is 0 Å². The van der Waals surface area contributed by atoms with E-state index >= 15 is 0 Å². The summed E-state index contributed by atoms with van der Waals surface area (Å²) in [5, 5.41) is 7.58. The molecule has 0 spiro atoms. The summed E-state index contributed by atoms with van der Waals surface area (Å²) in [4.78, 5) is 12.7. The van der Waals surface area contributed by atoms with E-state index in [0.29, 0.717) is 0 Å². The molecule has 1 unspecified atom stereocenters. The predicted octanol–water partition coefficient (Wildman–Crippen LogP) is 1.37. The number of hydrogen-bond donors (Lipinski definition) is 0. The Bertz CT molecular complexity index is 684. The number of benzene rings is 1. The highest BCUT2D eigenvalue weighted by Gasteiger charge is 2.38. The standard InChI is InChI=1S/C11H8ClFN2O3S/c12-19(17,18)8-4-11(16)15(6-8)10-2-1-7(5-14)3-9(10)13/h1-3,8H,4,6H2. The molecule has 2 rings (SSSR count). The van der Waals surface area contributed by atoms with Crippen molar-refractivity contribution in [2.75, 3.05) is 11.4 Å². The largest absolute Gasteiger partial charge is 0.308 e. The van der Waals surface area contributed by atoms with Gasteiger partial charge in [-0.3, -0.25) is 4.79 Å². The topological polar surface area (TPSA) is 78.2 Å². The lowest BCUT2D eigenvalue weighted by Gasteiger charge is -2.16. The van der Waals surface area contributed by atoms with Gasteiger partial charge in [0.05, 0.1) is 17.3 Å². The van der Waals surface area contributed by atoms with Crippen LogP contribution in [-0.2, 0) is 13.8 Å². The summed E-state index contributed by atoms with van der Waals surface area (Å²) in [7, 11) is 1.33. The number of carbonyl (C=O) groups is 1. The molecule has 0 bridgehead atoms. The molecule has 1 heterocycles. The molecule has 0 N–H and O–H groups in total. The molecule has 1 aliphatic heterocycles. The predicted molar refractivity (Wildman–Crippen MR) is 66.6 cm³/mol. The van der Waals surface area contributed by atoms with Gasteiger partial charge in [0.2, 0.25) is 15.0 Å². The third-order valence-corrected chi connectivity index (χ3v) is 4.72. The molecule has 0 saturated carbocycles. The van der Waals surface area contributed by atoms with Gasteiger partial charge in [-0.1, -0.05) is 0 Å². The highest BCUT2D eigenvalue weighted by molar-refractivity contribution is 8.14. The minimum absolute atomic E-state index is 0.0492. The Kier molecular flexibility index (Phi) is 3.47. The fourth-order valence-corrected chi connectivity index (χ4v) is 2.92. The van der Waals surface area contributed by atoms with E-state index in [4.69, 9.17) is 15.9 Å². The molecule has 1 saturated heterocycles. The molecule has 1 atom stereocenters. The van der Waals surface area contributed by atoms with Crippen LogP contribution in [0.2, 0.25) is 0 Å². The Balaban J connectivity index is 2.34. The van der Waals surface area contributed by atoms with Crippen molar-refractivity contribution in [3.63, 3.8) is 0 Å². The summed E-state index contributed by atoms with van der Waals surface area (Å²) in [6.45, 7) is -0.187. The summed E-state index contributed by atoms with van der Waals surface area (Å²) in [5.41, 5.74) is 0.0706. The molecule has 100 valence electrons. The minimum atomic E-state index is -3.87. The molecule has 1 fully saturated rings. The van der Waals surface area contributed by atoms with Crippen molar-refractivity contribution in [1.29, 1.82) is 5.26 Å². The van der Waals surface area contributed by atoms with Crippen LogP contribution in [0.15, 0.2) is 18.2 Å². The van der Waals surface area contributed by atoms with Crippen molar-refractivity contribution in [2.24, 2.45) is 0 Å². The van der Waals surface area contributed by atoms with Gasteiger partial charge in [-0.15, -0.1) is 0 Å². The molecule has 1 amide bonds. The van der Waals surface area contributed by atoms with E-state index in [-0.39, 0.29) is 24.2 Å². The SMILES string of the molecule is N#Cc1ccc(N2CC(S(=O)(=O)Cl)CC2=O)c(F)c1. The van der Waals surface area contributed by atoms with Crippen molar-refractivity contribution in [2.45, 2.75) is 11.7 Å². The van der Waals surface area contributed by atoms with Crippen LogP contribution < -0.4 is 4.90 Å². The van der Waals surface area contributed by atoms with E-state index in [1.165, 1.54) is 12.1 Å². The fraction of sp³-hybridized carbons (Fsp3) is 0.273. The van der Waals surface area contributed by atoms with Crippen molar-refractivity contribution in [3.05, 3.63) is 29.6 Å². The van der Waals surface area contributed by atoms with E-state index in [1.54, 1.807) is 6.07 Å². The maximum atomic E-state index is 13.8. The molecule has 1 aliphatic rings. The maximum absolute atomic E-state index is 13.8. The van der Waals surface area contributed by atoms with Crippen molar-refractivity contribution in [3.8, 4) is 6.07 Å². The number of nitriles is 1. The Morgan fingerprint density at radius 2 is 2.16 bits per heavy atom. The van der Waals surface area contributed by atoms with Gasteiger partial charge < -0.3 is 4.90 Å². The number of nitrogens with zero attached hydrogens (tertiary/aromatic N) is 2. The zero-order chi connectivity index (χ0) is 14.2. The lowest BCUT2D eigenvalue weighted by Crippen LogP contribution is -2.27. The van der Waals surface area contributed by atoms with Crippen LogP contribution in [0.3, 0.4) is 0 Å². The van der Waals surface area contributed by atoms with Crippen LogP contribution in [0.5, 0.6) is 0 Å². The second kappa shape index (κ2) is 4.79. The number of anilines is 1. The Labute approximate surface area is 113 Å². The van der Waals surface area contributed by atoms with Crippen LogP contribution in [0, 0.1) is 17.1 Å². The van der Waals surface area contributed by atoms with Gasteiger partial charge in [0.1, 0.15) is 11.1 Å². The summed E-state index contributed by atoms with van der Waals surface area (Å²) < 4.78 is 36.1. The first-order valence-electron chi connectivity index (χ1n) is 5.26. The van der Waals surface area contributed by atoms with Gasteiger partial charge >= 0.3 is 0 Å². The van der Waals surface area contributed by atoms with Crippen LogP contribution in [0.4, 0.5) is 10.1 Å². The lowest BCUT2D eigenvalue weighted by molar-refractivity contribution is -0.117. The molecular weight excluding hydrogens is 295 g/mol. The second-order valence-electron chi connectivity index (χ2n) is 4.08. The molecule has 1 aromatic carbocycles. The highest BCUT2D eigenvalue weighted by atomic mass is 35.7. The van der Waals surface area contributed by atoms with E-state index < -0.39 is 26.0 Å². The van der Waals surface area contributed by atoms with Gasteiger partial charge in [-0.25, -0.2) is 12.8 Å². The molecule has 1 aromatic rings. The number of rotatable bonds is 2. The summed E-state index contributed by atoms with van der Waals surface area (Å²) in [5.74, 6) is -1.27. The normalized spacial score (nSPS) is 19.5. The van der Waals surface area contributed by atoms with E-state index in [9.17, 15) is 17.6 Å². The molecule has 19 heavy (non-hydrogen) atoms. The van der Waals surface area contributed by atoms with E-state index in [0.717, 1.165) is 11.0 Å². The average Bonchev–Trinajstić information content (AvgIpc) is 2.71. The first kappa shape index (κ1) is 13.8. The van der Waals surface area contributed by atoms with Crippen LogP contribution in [-0.4, -0.2) is 26.1 Å². The van der Waals surface area contributed by atoms with E-state index in [1.807, 2.05) is 0 Å². The minimum Gasteiger partial charge on any atom is -0.308 e. The third kappa shape index (κ3) is 2.69. The smallest absolute Gasteiger partial charge is 0.237 e. The highest BCUT2D eigenvalue weighted by Crippen LogP contribution is 2.28. The summed E-state index contributed by atoms with van der Waals surface area (Å²) in [6.07, 6.45) is -0.273. The zero-order valence-corrected chi connectivity index (χ0v) is 11.1. The molecular formula is C11H8ClFN2O3S. The number of carbonyl (C=O) groups excluding carboxylic acids is 1. The number of amides is 1. The third-order valence-electron chi connectivity index (χ3n) is 2.86. The van der Waals surface area contributed by atoms with Gasteiger partial charge in [0.15, 0.2) is 0 Å². The molecule has 0 aliphatic carbocycles. The average molecular weight is 303 g/mol. The van der Waals surface area contributed by atoms with Crippen LogP contribution in [0.1, 0.15) is 12.0 Å². The maximum Gasteiger partial charge on any atom is 0.237 e. The summed E-state index contributed by atoms with van der Waals surface area (Å²) in [6, 6.07) is 5.39. The lowest BCUT2D eigenvalue weighted by atomic mass is 10.2. The molecule has 0 aromatic heterocycles. The van der Waals surface area contributed by atoms with Gasteiger partial charge in [0, 0.05) is 23.6 Å². The molecule has 5 nitrogen and oxygen atoms in total. The Morgan fingerprint density at radius 3 is 2.63 bits per heavy atom. The fourth-order valence-electron chi connectivity index (χ4n) is 1.89. The van der Waals surface area contributed by atoms with Crippen LogP contribution >= 0.6 is 10.7 Å². The second-order valence-corrected chi connectivity index (χ2v) is 6.99. The molecule has 8 heteroatoms. The first-order chi connectivity index (χ1) is 8.82. The van der Waals surface area contributed by atoms with Crippen molar-refractivity contribution in [1.82, 2.24) is 0 Å². The number of hydrogen-bond acceptors (Lipinski definition) is 4. The zero-order valence-electron chi connectivity index (χ0n) is 9.51. The number of halogens is 2. The Morgan fingerprint density at radius 1 is 1.47 bits per heavy atom. The monoisotopic (exact) mass is 302 g/mol.